The summed E-state index contributed by atoms with van der Waals surface area (Å²) in [5, 5.41) is 15.1. The largest absolute Gasteiger partial charge is 0.508 e. The summed E-state index contributed by atoms with van der Waals surface area (Å²) in [5.41, 5.74) is 3.61. The molecule has 5 heterocycles. The molecule has 2 aliphatic heterocycles. The lowest BCUT2D eigenvalue weighted by Gasteiger charge is -2.26. The molecule has 1 N–H and O–H groups in total. The Bertz CT molecular complexity index is 1350. The van der Waals surface area contributed by atoms with Gasteiger partial charge in [-0.15, -0.1) is 5.10 Å². The van der Waals surface area contributed by atoms with E-state index in [1.165, 1.54) is 18.2 Å². The van der Waals surface area contributed by atoms with Crippen molar-refractivity contribution in [1.29, 1.82) is 0 Å². The van der Waals surface area contributed by atoms with Crippen LogP contribution in [-0.2, 0) is 4.74 Å². The minimum absolute atomic E-state index is 0.0631. The maximum absolute atomic E-state index is 14.5. The van der Waals surface area contributed by atoms with Crippen LogP contribution in [0.2, 0.25) is 0 Å². The van der Waals surface area contributed by atoms with Crippen LogP contribution in [0.4, 0.5) is 14.6 Å². The van der Waals surface area contributed by atoms with Gasteiger partial charge in [-0.2, -0.15) is 0 Å². The van der Waals surface area contributed by atoms with E-state index in [2.05, 4.69) is 9.97 Å². The summed E-state index contributed by atoms with van der Waals surface area (Å²) in [6.45, 7) is 1.56. The van der Waals surface area contributed by atoms with E-state index in [0.29, 0.717) is 29.6 Å². The number of ether oxygens (including phenoxy) is 1. The van der Waals surface area contributed by atoms with Crippen LogP contribution in [0, 0.1) is 5.82 Å². The maximum Gasteiger partial charge on any atom is 0.154 e. The number of pyridine rings is 1. The Labute approximate surface area is 194 Å². The molecule has 34 heavy (non-hydrogen) atoms. The summed E-state index contributed by atoms with van der Waals surface area (Å²) < 4.78 is 35.7. The van der Waals surface area contributed by atoms with Crippen LogP contribution in [0.25, 0.3) is 17.0 Å². The lowest BCUT2D eigenvalue weighted by atomic mass is 9.98. The molecule has 0 amide bonds. The molecule has 2 fully saturated rings. The van der Waals surface area contributed by atoms with Gasteiger partial charge in [-0.05, 0) is 54.4 Å². The smallest absolute Gasteiger partial charge is 0.154 e. The van der Waals surface area contributed by atoms with Gasteiger partial charge < -0.3 is 14.7 Å². The van der Waals surface area contributed by atoms with Crippen LogP contribution in [0.5, 0.6) is 5.75 Å². The molecule has 0 bridgehead atoms. The van der Waals surface area contributed by atoms with E-state index >= 15 is 0 Å². The third kappa shape index (κ3) is 3.66. The van der Waals surface area contributed by atoms with Crippen molar-refractivity contribution in [3.63, 3.8) is 0 Å². The van der Waals surface area contributed by atoms with Gasteiger partial charge in [-0.1, -0.05) is 0 Å². The van der Waals surface area contributed by atoms with Gasteiger partial charge in [-0.25, -0.2) is 18.3 Å². The summed E-state index contributed by atoms with van der Waals surface area (Å²) in [4.78, 5) is 10.8. The predicted molar refractivity (Wildman–Crippen MR) is 122 cm³/mol. The van der Waals surface area contributed by atoms with Gasteiger partial charge in [0.2, 0.25) is 0 Å². The first-order chi connectivity index (χ1) is 16.6. The number of halogens is 2. The molecular weight excluding hydrogens is 440 g/mol. The Kier molecular flexibility index (Phi) is 5.13. The number of anilines is 1. The molecule has 0 radical (unpaired) electrons. The lowest BCUT2D eigenvalue weighted by Crippen LogP contribution is -2.25. The van der Waals surface area contributed by atoms with Gasteiger partial charge in [0.05, 0.1) is 31.1 Å². The molecule has 174 valence electrons. The quantitative estimate of drug-likeness (QED) is 0.483. The number of rotatable bonds is 4. The van der Waals surface area contributed by atoms with Gasteiger partial charge >= 0.3 is 0 Å². The first-order valence-corrected chi connectivity index (χ1v) is 11.3. The molecule has 6 rings (SSSR count). The van der Waals surface area contributed by atoms with E-state index in [-0.39, 0.29) is 18.7 Å². The van der Waals surface area contributed by atoms with Crippen LogP contribution in [0.15, 0.2) is 54.9 Å². The monoisotopic (exact) mass is 463 g/mol. The molecule has 0 spiro atoms. The Morgan fingerprint density at radius 1 is 1.09 bits per heavy atom. The van der Waals surface area contributed by atoms with Crippen LogP contribution < -0.4 is 4.90 Å². The molecule has 0 aliphatic carbocycles. The Hall–Kier alpha value is -3.59. The predicted octanol–water partition coefficient (Wildman–Crippen LogP) is 4.43. The molecule has 1 aromatic carbocycles. The van der Waals surface area contributed by atoms with Gasteiger partial charge in [0.25, 0.3) is 0 Å². The maximum atomic E-state index is 14.5. The average molecular weight is 463 g/mol. The highest BCUT2D eigenvalue weighted by atomic mass is 19.1. The number of imidazole rings is 1. The molecule has 4 aromatic rings. The second kappa shape index (κ2) is 8.32. The molecule has 3 atom stereocenters. The molecule has 0 saturated carbocycles. The summed E-state index contributed by atoms with van der Waals surface area (Å²) in [6.07, 6.45) is 3.50. The highest BCUT2D eigenvalue weighted by Gasteiger charge is 2.36. The van der Waals surface area contributed by atoms with Gasteiger partial charge in [0, 0.05) is 30.7 Å². The van der Waals surface area contributed by atoms with Crippen molar-refractivity contribution in [1.82, 2.24) is 19.6 Å². The van der Waals surface area contributed by atoms with E-state index < -0.39 is 18.0 Å². The molecule has 7 nitrogen and oxygen atoms in total. The second-order valence-corrected chi connectivity index (χ2v) is 8.84. The average Bonchev–Trinajstić information content (AvgIpc) is 3.60. The first-order valence-electron chi connectivity index (χ1n) is 11.3. The number of aromatic nitrogens is 4. The number of phenols is 1. The highest BCUT2D eigenvalue weighted by molar-refractivity contribution is 5.61. The minimum atomic E-state index is -1.13. The number of phenolic OH excluding ortho intramolecular Hbond substituents is 1. The third-order valence-corrected chi connectivity index (χ3v) is 6.69. The third-order valence-electron chi connectivity index (χ3n) is 6.69. The van der Waals surface area contributed by atoms with E-state index in [1.54, 1.807) is 27.9 Å². The van der Waals surface area contributed by atoms with E-state index in [4.69, 9.17) is 9.84 Å². The zero-order valence-corrected chi connectivity index (χ0v) is 18.3. The Balaban J connectivity index is 1.39. The zero-order valence-electron chi connectivity index (χ0n) is 18.3. The lowest BCUT2D eigenvalue weighted by molar-refractivity contribution is 0.194. The number of hydrogen-bond acceptors (Lipinski definition) is 6. The fourth-order valence-corrected chi connectivity index (χ4v) is 4.95. The van der Waals surface area contributed by atoms with E-state index in [0.717, 1.165) is 30.0 Å². The Morgan fingerprint density at radius 3 is 2.85 bits per heavy atom. The molecule has 3 aromatic heterocycles. The number of hydrogen-bond donors (Lipinski definition) is 1. The van der Waals surface area contributed by atoms with Gasteiger partial charge in [-0.3, -0.25) is 4.98 Å². The number of nitrogens with zero attached hydrogens (tertiary/aromatic N) is 5. The van der Waals surface area contributed by atoms with Crippen molar-refractivity contribution in [2.45, 2.75) is 31.0 Å². The van der Waals surface area contributed by atoms with Crippen LogP contribution in [0.1, 0.15) is 35.9 Å². The van der Waals surface area contributed by atoms with E-state index in [9.17, 15) is 13.9 Å². The first kappa shape index (κ1) is 21.0. The minimum Gasteiger partial charge on any atom is -0.508 e. The SMILES string of the molecule is Oc1ccc(F)cc1[C@H]1C[C@H](F)CN1c1ccc2ncc(-c3cc([C@@H]4CCOC4)ccn3)n2n1. The zero-order chi connectivity index (χ0) is 23.2. The number of fused-ring (bicyclic) bond motifs is 1. The molecule has 2 aliphatic rings. The van der Waals surface area contributed by atoms with Crippen LogP contribution >= 0.6 is 0 Å². The number of benzene rings is 1. The van der Waals surface area contributed by atoms with E-state index in [1.807, 2.05) is 18.2 Å². The van der Waals surface area contributed by atoms with Gasteiger partial charge in [0.15, 0.2) is 5.65 Å². The highest BCUT2D eigenvalue weighted by Crippen LogP contribution is 2.40. The Morgan fingerprint density at radius 2 is 2.00 bits per heavy atom. The van der Waals surface area contributed by atoms with Crippen LogP contribution in [0.3, 0.4) is 0 Å². The number of aromatic hydroxyl groups is 1. The summed E-state index contributed by atoms with van der Waals surface area (Å²) >= 11 is 0. The van der Waals surface area contributed by atoms with Crippen molar-refractivity contribution in [3.05, 3.63) is 71.8 Å². The number of alkyl halides is 1. The molecular formula is C25H23F2N5O2. The molecule has 2 saturated heterocycles. The second-order valence-electron chi connectivity index (χ2n) is 8.84. The van der Waals surface area contributed by atoms with Crippen LogP contribution in [-0.4, -0.2) is 50.6 Å². The fourth-order valence-electron chi connectivity index (χ4n) is 4.95. The van der Waals surface area contributed by atoms with Crippen molar-refractivity contribution in [3.8, 4) is 17.1 Å². The van der Waals surface area contributed by atoms with Crippen molar-refractivity contribution in [2.24, 2.45) is 0 Å². The normalized spacial score (nSPS) is 22.6. The van der Waals surface area contributed by atoms with Gasteiger partial charge in [0.1, 0.15) is 29.3 Å². The van der Waals surface area contributed by atoms with Crippen molar-refractivity contribution >= 4 is 11.5 Å². The van der Waals surface area contributed by atoms with Crippen molar-refractivity contribution < 1.29 is 18.6 Å². The standard InChI is InChI=1S/C25H23F2N5O2/c26-17-1-2-23(33)19(10-17)21-11-18(27)13-31(21)25-4-3-24-29-12-22(32(24)30-25)20-9-15(5-7-28-20)16-6-8-34-14-16/h1-5,7,9-10,12,16,18,21,33H,6,8,11,13-14H2/t16-,18+,21-/m1/s1. The molecule has 0 unspecified atom stereocenters. The topological polar surface area (TPSA) is 75.8 Å². The molecule has 9 heteroatoms. The van der Waals surface area contributed by atoms with Crippen molar-refractivity contribution in [2.75, 3.05) is 24.7 Å². The fraction of sp³-hybridized carbons (Fsp3) is 0.320. The summed E-state index contributed by atoms with van der Waals surface area (Å²) in [7, 11) is 0. The summed E-state index contributed by atoms with van der Waals surface area (Å²) in [5.74, 6) is 0.317. The summed E-state index contributed by atoms with van der Waals surface area (Å²) in [6, 6.07) is 10.8.